The Kier molecular flexibility index (Phi) is 17.8. The van der Waals surface area contributed by atoms with Crippen LogP contribution in [-0.2, 0) is 9.47 Å². The molecule has 0 aliphatic rings. The largest absolute Gasteiger partial charge is 0.382 e. The van der Waals surface area contributed by atoms with Gasteiger partial charge < -0.3 is 14.8 Å². The lowest BCUT2D eigenvalue weighted by atomic mass is 10.1. The fourth-order valence-corrected chi connectivity index (χ4v) is 2.05. The standard InChI is InChI=1S/C16H35NO2/c1-3-4-5-6-7-8-9-10-12-17-13-11-14-19-16-15-18-2/h17H,3-16H2,1-2H3. The maximum Gasteiger partial charge on any atom is 0.0700 e. The van der Waals surface area contributed by atoms with E-state index in [-0.39, 0.29) is 0 Å². The van der Waals surface area contributed by atoms with Crippen LogP contribution < -0.4 is 5.32 Å². The Morgan fingerprint density at radius 2 is 1.32 bits per heavy atom. The van der Waals surface area contributed by atoms with Crippen LogP contribution in [0.25, 0.3) is 0 Å². The van der Waals surface area contributed by atoms with E-state index in [0.29, 0.717) is 13.2 Å². The molecule has 0 aliphatic carbocycles. The van der Waals surface area contributed by atoms with Gasteiger partial charge in [-0.25, -0.2) is 0 Å². The molecule has 0 saturated carbocycles. The van der Waals surface area contributed by atoms with Gasteiger partial charge in [-0.05, 0) is 25.9 Å². The minimum atomic E-state index is 0.700. The molecule has 0 aromatic carbocycles. The lowest BCUT2D eigenvalue weighted by molar-refractivity contribution is 0.0695. The number of nitrogens with one attached hydrogen (secondary N) is 1. The van der Waals surface area contributed by atoms with Crippen LogP contribution in [0, 0.1) is 0 Å². The van der Waals surface area contributed by atoms with Crippen molar-refractivity contribution in [3.8, 4) is 0 Å². The molecule has 0 unspecified atom stereocenters. The maximum absolute atomic E-state index is 5.40. The van der Waals surface area contributed by atoms with Gasteiger partial charge in [-0.2, -0.15) is 0 Å². The van der Waals surface area contributed by atoms with Crippen molar-refractivity contribution >= 4 is 0 Å². The van der Waals surface area contributed by atoms with Gasteiger partial charge in [-0.1, -0.05) is 51.9 Å². The van der Waals surface area contributed by atoms with Crippen molar-refractivity contribution < 1.29 is 9.47 Å². The van der Waals surface area contributed by atoms with Gasteiger partial charge >= 0.3 is 0 Å². The summed E-state index contributed by atoms with van der Waals surface area (Å²) in [6, 6.07) is 0. The minimum Gasteiger partial charge on any atom is -0.382 e. The zero-order valence-corrected chi connectivity index (χ0v) is 13.2. The zero-order chi connectivity index (χ0) is 14.0. The fourth-order valence-electron chi connectivity index (χ4n) is 2.05. The van der Waals surface area contributed by atoms with Gasteiger partial charge in [0, 0.05) is 13.7 Å². The van der Waals surface area contributed by atoms with E-state index in [1.807, 2.05) is 0 Å². The molecule has 0 heterocycles. The third kappa shape index (κ3) is 17.9. The molecule has 116 valence electrons. The third-order valence-corrected chi connectivity index (χ3v) is 3.28. The van der Waals surface area contributed by atoms with E-state index in [1.54, 1.807) is 7.11 Å². The molecule has 0 aromatic rings. The van der Waals surface area contributed by atoms with Gasteiger partial charge in [0.1, 0.15) is 0 Å². The first-order valence-corrected chi connectivity index (χ1v) is 8.19. The Labute approximate surface area is 120 Å². The smallest absolute Gasteiger partial charge is 0.0700 e. The van der Waals surface area contributed by atoms with E-state index in [4.69, 9.17) is 9.47 Å². The summed E-state index contributed by atoms with van der Waals surface area (Å²) in [4.78, 5) is 0. The summed E-state index contributed by atoms with van der Waals surface area (Å²) in [6.07, 6.45) is 12.2. The van der Waals surface area contributed by atoms with Gasteiger partial charge in [0.25, 0.3) is 0 Å². The Bertz CT molecular complexity index is 138. The summed E-state index contributed by atoms with van der Waals surface area (Å²) in [7, 11) is 1.70. The number of hydrogen-bond donors (Lipinski definition) is 1. The molecule has 0 radical (unpaired) electrons. The monoisotopic (exact) mass is 273 g/mol. The highest BCUT2D eigenvalue weighted by Crippen LogP contribution is 2.07. The molecule has 0 aliphatic heterocycles. The van der Waals surface area contributed by atoms with Crippen LogP contribution in [0.15, 0.2) is 0 Å². The lowest BCUT2D eigenvalue weighted by Gasteiger charge is -2.06. The first kappa shape index (κ1) is 18.9. The molecule has 0 fully saturated rings. The summed E-state index contributed by atoms with van der Waals surface area (Å²) in [5.41, 5.74) is 0. The summed E-state index contributed by atoms with van der Waals surface area (Å²) >= 11 is 0. The first-order valence-electron chi connectivity index (χ1n) is 8.19. The molecular formula is C16H35NO2. The van der Waals surface area contributed by atoms with E-state index in [0.717, 1.165) is 26.1 Å². The molecular weight excluding hydrogens is 238 g/mol. The van der Waals surface area contributed by atoms with E-state index < -0.39 is 0 Å². The number of methoxy groups -OCH3 is 1. The van der Waals surface area contributed by atoms with Crippen LogP contribution in [-0.4, -0.2) is 40.0 Å². The van der Waals surface area contributed by atoms with Gasteiger partial charge in [0.2, 0.25) is 0 Å². The maximum atomic E-state index is 5.40. The van der Waals surface area contributed by atoms with Crippen LogP contribution in [0.4, 0.5) is 0 Å². The Morgan fingerprint density at radius 1 is 0.684 bits per heavy atom. The number of rotatable bonds is 16. The summed E-state index contributed by atoms with van der Waals surface area (Å²) < 4.78 is 10.3. The highest BCUT2D eigenvalue weighted by molar-refractivity contribution is 4.50. The molecule has 0 rings (SSSR count). The van der Waals surface area contributed by atoms with Crippen LogP contribution in [0.5, 0.6) is 0 Å². The first-order chi connectivity index (χ1) is 9.41. The van der Waals surface area contributed by atoms with Gasteiger partial charge in [-0.3, -0.25) is 0 Å². The van der Waals surface area contributed by atoms with Crippen molar-refractivity contribution in [2.75, 3.05) is 40.0 Å². The second-order valence-electron chi connectivity index (χ2n) is 5.18. The average Bonchev–Trinajstić information content (AvgIpc) is 2.43. The molecule has 0 amide bonds. The van der Waals surface area contributed by atoms with E-state index >= 15 is 0 Å². The van der Waals surface area contributed by atoms with Crippen LogP contribution >= 0.6 is 0 Å². The van der Waals surface area contributed by atoms with Crippen molar-refractivity contribution in [1.29, 1.82) is 0 Å². The minimum absolute atomic E-state index is 0.700. The number of ether oxygens (including phenoxy) is 2. The molecule has 0 aromatic heterocycles. The summed E-state index contributed by atoms with van der Waals surface area (Å²) in [5.74, 6) is 0. The average molecular weight is 273 g/mol. The second-order valence-corrected chi connectivity index (χ2v) is 5.18. The molecule has 0 saturated heterocycles. The molecule has 1 N–H and O–H groups in total. The molecule has 19 heavy (non-hydrogen) atoms. The Morgan fingerprint density at radius 3 is 2.00 bits per heavy atom. The van der Waals surface area contributed by atoms with E-state index in [1.165, 1.54) is 51.4 Å². The quantitative estimate of drug-likeness (QED) is 0.434. The Hall–Kier alpha value is -0.120. The zero-order valence-electron chi connectivity index (χ0n) is 13.2. The summed E-state index contributed by atoms with van der Waals surface area (Å²) in [6.45, 7) is 6.76. The normalized spacial score (nSPS) is 11.1. The van der Waals surface area contributed by atoms with Gasteiger partial charge in [-0.15, -0.1) is 0 Å². The second kappa shape index (κ2) is 17.9. The summed E-state index contributed by atoms with van der Waals surface area (Å²) in [5, 5.41) is 3.48. The van der Waals surface area contributed by atoms with Crippen LogP contribution in [0.2, 0.25) is 0 Å². The van der Waals surface area contributed by atoms with E-state index in [9.17, 15) is 0 Å². The molecule has 0 bridgehead atoms. The topological polar surface area (TPSA) is 30.5 Å². The van der Waals surface area contributed by atoms with Crippen molar-refractivity contribution in [3.63, 3.8) is 0 Å². The van der Waals surface area contributed by atoms with Crippen molar-refractivity contribution in [3.05, 3.63) is 0 Å². The van der Waals surface area contributed by atoms with E-state index in [2.05, 4.69) is 12.2 Å². The molecule has 3 heteroatoms. The highest BCUT2D eigenvalue weighted by Gasteiger charge is 1.92. The number of unbranched alkanes of at least 4 members (excludes halogenated alkanes) is 7. The van der Waals surface area contributed by atoms with Crippen LogP contribution in [0.3, 0.4) is 0 Å². The van der Waals surface area contributed by atoms with Crippen molar-refractivity contribution in [2.45, 2.75) is 64.7 Å². The molecule has 0 atom stereocenters. The highest BCUT2D eigenvalue weighted by atomic mass is 16.5. The number of hydrogen-bond acceptors (Lipinski definition) is 3. The van der Waals surface area contributed by atoms with Gasteiger partial charge in [0.15, 0.2) is 0 Å². The third-order valence-electron chi connectivity index (χ3n) is 3.28. The predicted molar refractivity (Wildman–Crippen MR) is 82.8 cm³/mol. The van der Waals surface area contributed by atoms with Crippen molar-refractivity contribution in [2.24, 2.45) is 0 Å². The molecule has 3 nitrogen and oxygen atoms in total. The van der Waals surface area contributed by atoms with Gasteiger partial charge in [0.05, 0.1) is 13.2 Å². The van der Waals surface area contributed by atoms with Crippen molar-refractivity contribution in [1.82, 2.24) is 5.32 Å². The predicted octanol–water partition coefficient (Wildman–Crippen LogP) is 3.77. The Balaban J connectivity index is 2.88. The van der Waals surface area contributed by atoms with Crippen LogP contribution in [0.1, 0.15) is 64.7 Å². The fraction of sp³-hybridized carbons (Fsp3) is 1.00. The lowest BCUT2D eigenvalue weighted by Crippen LogP contribution is -2.18. The SMILES string of the molecule is CCCCCCCCCCNCCCOCCOC. The molecule has 0 spiro atoms.